The Morgan fingerprint density at radius 1 is 1.44 bits per heavy atom. The number of ether oxygens (including phenoxy) is 2. The fourth-order valence-corrected chi connectivity index (χ4v) is 4.37. The number of aromatic nitrogens is 1. The largest absolute Gasteiger partial charge is 0.475 e. The monoisotopic (exact) mass is 410 g/mol. The summed E-state index contributed by atoms with van der Waals surface area (Å²) in [5.41, 5.74) is 7.48. The van der Waals surface area contributed by atoms with Gasteiger partial charge in [0, 0.05) is 31.1 Å². The van der Waals surface area contributed by atoms with E-state index in [9.17, 15) is 4.79 Å². The molecule has 1 saturated heterocycles. The smallest absolute Gasteiger partial charge is 0.263 e. The van der Waals surface area contributed by atoms with Crippen LogP contribution in [0.25, 0.3) is 10.2 Å². The number of pyridine rings is 1. The number of fused-ring (bicyclic) bond motifs is 1. The highest BCUT2D eigenvalue weighted by Crippen LogP contribution is 2.40. The summed E-state index contributed by atoms with van der Waals surface area (Å²) in [6, 6.07) is 0.277. The molecule has 1 aliphatic heterocycles. The van der Waals surface area contributed by atoms with Gasteiger partial charge < -0.3 is 20.5 Å². The van der Waals surface area contributed by atoms with Gasteiger partial charge in [-0.25, -0.2) is 4.98 Å². The van der Waals surface area contributed by atoms with Crippen molar-refractivity contribution in [3.05, 3.63) is 15.5 Å². The van der Waals surface area contributed by atoms with Gasteiger partial charge in [0.1, 0.15) is 21.3 Å². The molecule has 3 N–H and O–H groups in total. The molecule has 1 aliphatic carbocycles. The van der Waals surface area contributed by atoms with Crippen molar-refractivity contribution in [1.82, 2.24) is 15.2 Å². The Morgan fingerprint density at radius 3 is 2.89 bits per heavy atom. The fourth-order valence-electron chi connectivity index (χ4n) is 3.12. The first-order valence-corrected chi connectivity index (χ1v) is 10.4. The molecule has 2 aromatic heterocycles. The highest BCUT2D eigenvalue weighted by atomic mass is 35.5. The van der Waals surface area contributed by atoms with Gasteiger partial charge >= 0.3 is 0 Å². The van der Waals surface area contributed by atoms with E-state index in [0.29, 0.717) is 32.9 Å². The minimum absolute atomic E-state index is 0.136. The number of halogens is 1. The molecule has 2 fully saturated rings. The normalized spacial score (nSPS) is 18.0. The zero-order valence-electron chi connectivity index (χ0n) is 15.2. The van der Waals surface area contributed by atoms with Crippen LogP contribution in [0, 0.1) is 6.92 Å². The van der Waals surface area contributed by atoms with E-state index >= 15 is 0 Å². The molecule has 2 aliphatic rings. The fraction of sp³-hybridized carbons (Fsp3) is 0.556. The van der Waals surface area contributed by atoms with Crippen LogP contribution in [0.2, 0.25) is 5.02 Å². The lowest BCUT2D eigenvalue weighted by Gasteiger charge is -2.26. The van der Waals surface area contributed by atoms with E-state index < -0.39 is 0 Å². The third kappa shape index (κ3) is 3.99. The molecule has 0 spiro atoms. The summed E-state index contributed by atoms with van der Waals surface area (Å²) in [6.45, 7) is 6.49. The van der Waals surface area contributed by atoms with Gasteiger partial charge in [-0.15, -0.1) is 11.3 Å². The number of morpholine rings is 1. The summed E-state index contributed by atoms with van der Waals surface area (Å²) in [7, 11) is 0. The van der Waals surface area contributed by atoms with E-state index in [4.69, 9.17) is 26.8 Å². The third-order valence-corrected chi connectivity index (χ3v) is 6.43. The maximum absolute atomic E-state index is 12.4. The molecule has 0 bridgehead atoms. The number of hydrogen-bond donors (Lipinski definition) is 2. The van der Waals surface area contributed by atoms with Crippen LogP contribution >= 0.6 is 22.9 Å². The number of anilines is 1. The summed E-state index contributed by atoms with van der Waals surface area (Å²) >= 11 is 7.76. The van der Waals surface area contributed by atoms with Crippen LogP contribution in [0.4, 0.5) is 5.69 Å². The summed E-state index contributed by atoms with van der Waals surface area (Å²) in [6.07, 6.45) is 2.06. The second-order valence-electron chi connectivity index (χ2n) is 6.93. The molecule has 3 heterocycles. The van der Waals surface area contributed by atoms with Crippen molar-refractivity contribution in [3.63, 3.8) is 0 Å². The van der Waals surface area contributed by atoms with E-state index in [2.05, 4.69) is 15.2 Å². The molecule has 2 aromatic rings. The van der Waals surface area contributed by atoms with Crippen molar-refractivity contribution in [3.8, 4) is 5.88 Å². The molecular formula is C18H23ClN4O3S. The van der Waals surface area contributed by atoms with Gasteiger partial charge in [-0.05, 0) is 25.3 Å². The van der Waals surface area contributed by atoms with Gasteiger partial charge in [-0.3, -0.25) is 9.69 Å². The number of nitrogens with zero attached hydrogens (tertiary/aromatic N) is 2. The van der Waals surface area contributed by atoms with Gasteiger partial charge in [0.25, 0.3) is 5.91 Å². The van der Waals surface area contributed by atoms with Gasteiger partial charge in [-0.1, -0.05) is 11.6 Å². The van der Waals surface area contributed by atoms with Gasteiger partial charge in [0.05, 0.1) is 18.9 Å². The maximum Gasteiger partial charge on any atom is 0.263 e. The van der Waals surface area contributed by atoms with Crippen LogP contribution in [0.3, 0.4) is 0 Å². The third-order valence-electron chi connectivity index (χ3n) is 4.89. The lowest BCUT2D eigenvalue weighted by molar-refractivity contribution is 0.0320. The minimum Gasteiger partial charge on any atom is -0.475 e. The molecule has 0 radical (unpaired) electrons. The number of carbonyl (C=O) groups is 1. The number of nitrogen functional groups attached to an aromatic ring is 1. The standard InChI is InChI=1S/C18H23ClN4O3S/c1-10-12-14(20)15(16(24)21-11-2-3-11)27-18(12)22-17(13(10)19)26-9-6-23-4-7-25-8-5-23/h11H,2-9,20H2,1H3,(H,21,24). The predicted molar refractivity (Wildman–Crippen MR) is 107 cm³/mol. The van der Waals surface area contributed by atoms with Gasteiger partial charge in [0.2, 0.25) is 5.88 Å². The number of aryl methyl sites for hydroxylation is 1. The Hall–Kier alpha value is -1.61. The Kier molecular flexibility index (Phi) is 5.41. The quantitative estimate of drug-likeness (QED) is 0.760. The molecule has 7 nitrogen and oxygen atoms in total. The van der Waals surface area contributed by atoms with Crippen LogP contribution in [0.15, 0.2) is 0 Å². The molecule has 146 valence electrons. The molecule has 9 heteroatoms. The lowest BCUT2D eigenvalue weighted by atomic mass is 10.1. The number of thiophene rings is 1. The highest BCUT2D eigenvalue weighted by molar-refractivity contribution is 7.21. The van der Waals surface area contributed by atoms with Crippen LogP contribution in [0.5, 0.6) is 5.88 Å². The van der Waals surface area contributed by atoms with E-state index in [1.54, 1.807) is 0 Å². The molecule has 0 aromatic carbocycles. The number of hydrogen-bond acceptors (Lipinski definition) is 7. The van der Waals surface area contributed by atoms with Crippen molar-refractivity contribution >= 4 is 44.7 Å². The summed E-state index contributed by atoms with van der Waals surface area (Å²) in [4.78, 5) is 20.4. The number of nitrogens with one attached hydrogen (secondary N) is 1. The van der Waals surface area contributed by atoms with Crippen LogP contribution in [-0.2, 0) is 4.74 Å². The van der Waals surface area contributed by atoms with E-state index in [-0.39, 0.29) is 11.9 Å². The summed E-state index contributed by atoms with van der Waals surface area (Å²) in [5, 5.41) is 4.16. The highest BCUT2D eigenvalue weighted by Gasteiger charge is 2.27. The average molecular weight is 411 g/mol. The van der Waals surface area contributed by atoms with E-state index in [1.165, 1.54) is 11.3 Å². The Balaban J connectivity index is 1.53. The number of nitrogens with two attached hydrogens (primary N) is 1. The maximum atomic E-state index is 12.4. The summed E-state index contributed by atoms with van der Waals surface area (Å²) < 4.78 is 11.2. The van der Waals surface area contributed by atoms with Gasteiger partial charge in [0.15, 0.2) is 0 Å². The molecule has 27 heavy (non-hydrogen) atoms. The van der Waals surface area contributed by atoms with E-state index in [1.807, 2.05) is 6.92 Å². The van der Waals surface area contributed by atoms with E-state index in [0.717, 1.165) is 56.6 Å². The zero-order chi connectivity index (χ0) is 19.0. The van der Waals surface area contributed by atoms with Crippen LogP contribution in [0.1, 0.15) is 28.1 Å². The first-order chi connectivity index (χ1) is 13.0. The zero-order valence-corrected chi connectivity index (χ0v) is 16.8. The van der Waals surface area contributed by atoms with Crippen molar-refractivity contribution in [2.24, 2.45) is 0 Å². The first kappa shape index (κ1) is 18.7. The molecule has 0 atom stereocenters. The van der Waals surface area contributed by atoms with Crippen molar-refractivity contribution in [1.29, 1.82) is 0 Å². The van der Waals surface area contributed by atoms with Crippen LogP contribution < -0.4 is 15.8 Å². The Bertz CT molecular complexity index is 862. The second-order valence-corrected chi connectivity index (χ2v) is 8.31. The second kappa shape index (κ2) is 7.79. The Morgan fingerprint density at radius 2 is 2.19 bits per heavy atom. The van der Waals surface area contributed by atoms with Crippen LogP contribution in [-0.4, -0.2) is 61.3 Å². The predicted octanol–water partition coefficient (Wildman–Crippen LogP) is 2.44. The van der Waals surface area contributed by atoms with Crippen molar-refractivity contribution in [2.45, 2.75) is 25.8 Å². The summed E-state index contributed by atoms with van der Waals surface area (Å²) in [5.74, 6) is 0.258. The number of amides is 1. The minimum atomic E-state index is -0.136. The Labute approximate surface area is 166 Å². The topological polar surface area (TPSA) is 89.7 Å². The average Bonchev–Trinajstić information content (AvgIpc) is 3.41. The molecule has 1 amide bonds. The number of rotatable bonds is 6. The molecule has 4 rings (SSSR count). The molecule has 0 unspecified atom stereocenters. The van der Waals surface area contributed by atoms with Gasteiger partial charge in [-0.2, -0.15) is 0 Å². The molecule has 1 saturated carbocycles. The van der Waals surface area contributed by atoms with Crippen molar-refractivity contribution in [2.75, 3.05) is 45.2 Å². The molecular weight excluding hydrogens is 388 g/mol. The van der Waals surface area contributed by atoms with Crippen molar-refractivity contribution < 1.29 is 14.3 Å². The number of carbonyl (C=O) groups excluding carboxylic acids is 1. The SMILES string of the molecule is Cc1c(Cl)c(OCCN2CCOCC2)nc2sc(C(=O)NC3CC3)c(N)c12. The lowest BCUT2D eigenvalue weighted by Crippen LogP contribution is -2.38. The first-order valence-electron chi connectivity index (χ1n) is 9.16.